The monoisotopic (exact) mass is 272 g/mol. The zero-order valence-corrected chi connectivity index (χ0v) is 11.3. The number of H-pyrrole nitrogens is 1. The standard InChI is InChI=1S/C15H16N2O3/c1-2-19-11-5-3-4-6-12(11)20-14-9-13(18)16-15(17-14)10-7-8-10/h3-6,9-10H,2,7-8H2,1H3,(H,16,17,18). The number of nitrogens with one attached hydrogen (secondary N) is 1. The summed E-state index contributed by atoms with van der Waals surface area (Å²) in [5.74, 6) is 2.59. The molecule has 1 aliphatic carbocycles. The van der Waals surface area contributed by atoms with Gasteiger partial charge < -0.3 is 14.5 Å². The molecule has 1 aliphatic rings. The second-order valence-electron chi connectivity index (χ2n) is 4.72. The molecule has 0 atom stereocenters. The predicted molar refractivity (Wildman–Crippen MR) is 74.5 cm³/mol. The van der Waals surface area contributed by atoms with Crippen LogP contribution in [0.25, 0.3) is 0 Å². The van der Waals surface area contributed by atoms with E-state index in [9.17, 15) is 4.79 Å². The summed E-state index contributed by atoms with van der Waals surface area (Å²) in [5, 5.41) is 0. The van der Waals surface area contributed by atoms with Crippen LogP contribution in [-0.4, -0.2) is 16.6 Å². The fourth-order valence-electron chi connectivity index (χ4n) is 1.98. The Morgan fingerprint density at radius 1 is 1.30 bits per heavy atom. The van der Waals surface area contributed by atoms with Gasteiger partial charge in [-0.2, -0.15) is 4.98 Å². The van der Waals surface area contributed by atoms with Crippen molar-refractivity contribution in [1.29, 1.82) is 0 Å². The Hall–Kier alpha value is -2.30. The molecule has 1 N–H and O–H groups in total. The minimum Gasteiger partial charge on any atom is -0.490 e. The first kappa shape index (κ1) is 12.7. The lowest BCUT2D eigenvalue weighted by Gasteiger charge is -2.10. The van der Waals surface area contributed by atoms with Gasteiger partial charge in [0.25, 0.3) is 5.56 Å². The second kappa shape index (κ2) is 5.36. The van der Waals surface area contributed by atoms with Gasteiger partial charge in [0.15, 0.2) is 11.5 Å². The van der Waals surface area contributed by atoms with E-state index in [0.717, 1.165) is 12.8 Å². The van der Waals surface area contributed by atoms with Gasteiger partial charge in [0.05, 0.1) is 12.7 Å². The number of hydrogen-bond donors (Lipinski definition) is 1. The van der Waals surface area contributed by atoms with Gasteiger partial charge in [0, 0.05) is 5.92 Å². The maximum atomic E-state index is 11.6. The number of aromatic amines is 1. The lowest BCUT2D eigenvalue weighted by molar-refractivity contribution is 0.319. The molecule has 0 unspecified atom stereocenters. The van der Waals surface area contributed by atoms with Gasteiger partial charge in [-0.1, -0.05) is 12.1 Å². The van der Waals surface area contributed by atoms with Crippen LogP contribution in [0.3, 0.4) is 0 Å². The first-order valence-corrected chi connectivity index (χ1v) is 6.77. The molecule has 3 rings (SSSR count). The predicted octanol–water partition coefficient (Wildman–Crippen LogP) is 2.84. The number of nitrogens with zero attached hydrogens (tertiary/aromatic N) is 1. The van der Waals surface area contributed by atoms with Crippen LogP contribution in [0.4, 0.5) is 0 Å². The Morgan fingerprint density at radius 3 is 2.75 bits per heavy atom. The molecule has 1 fully saturated rings. The number of rotatable bonds is 5. The van der Waals surface area contributed by atoms with E-state index >= 15 is 0 Å². The fraction of sp³-hybridized carbons (Fsp3) is 0.333. The van der Waals surface area contributed by atoms with Crippen LogP contribution in [0.2, 0.25) is 0 Å². The van der Waals surface area contributed by atoms with E-state index in [1.165, 1.54) is 6.07 Å². The smallest absolute Gasteiger partial charge is 0.254 e. The Bertz CT molecular complexity index is 662. The lowest BCUT2D eigenvalue weighted by atomic mass is 10.3. The van der Waals surface area contributed by atoms with Crippen LogP contribution < -0.4 is 15.0 Å². The van der Waals surface area contributed by atoms with Crippen LogP contribution in [0.5, 0.6) is 17.4 Å². The number of hydrogen-bond acceptors (Lipinski definition) is 4. The van der Waals surface area contributed by atoms with Gasteiger partial charge in [-0.05, 0) is 31.9 Å². The van der Waals surface area contributed by atoms with Crippen LogP contribution in [0.15, 0.2) is 35.1 Å². The fourth-order valence-corrected chi connectivity index (χ4v) is 1.98. The summed E-state index contributed by atoms with van der Waals surface area (Å²) in [4.78, 5) is 18.8. The van der Waals surface area contributed by atoms with E-state index in [-0.39, 0.29) is 5.56 Å². The van der Waals surface area contributed by atoms with Crippen LogP contribution in [-0.2, 0) is 0 Å². The third kappa shape index (κ3) is 2.82. The first-order chi connectivity index (χ1) is 9.76. The van der Waals surface area contributed by atoms with Crippen molar-refractivity contribution < 1.29 is 9.47 Å². The molecule has 104 valence electrons. The van der Waals surface area contributed by atoms with Crippen LogP contribution in [0.1, 0.15) is 31.5 Å². The Morgan fingerprint density at radius 2 is 2.05 bits per heavy atom. The van der Waals surface area contributed by atoms with Crippen LogP contribution in [0, 0.1) is 0 Å². The molecule has 5 heteroatoms. The molecule has 1 aromatic heterocycles. The molecule has 0 radical (unpaired) electrons. The van der Waals surface area contributed by atoms with Gasteiger partial charge in [-0.15, -0.1) is 0 Å². The van der Waals surface area contributed by atoms with Crippen molar-refractivity contribution in [1.82, 2.24) is 9.97 Å². The summed E-state index contributed by atoms with van der Waals surface area (Å²) in [7, 11) is 0. The molecule has 1 heterocycles. The molecule has 0 bridgehead atoms. The van der Waals surface area contributed by atoms with Crippen molar-refractivity contribution in [2.45, 2.75) is 25.7 Å². The summed E-state index contributed by atoms with van der Waals surface area (Å²) in [6, 6.07) is 8.71. The zero-order valence-electron chi connectivity index (χ0n) is 11.3. The minimum absolute atomic E-state index is 0.189. The van der Waals surface area contributed by atoms with E-state index in [2.05, 4.69) is 9.97 Å². The molecule has 0 aliphatic heterocycles. The molecule has 1 saturated carbocycles. The average molecular weight is 272 g/mol. The maximum Gasteiger partial charge on any atom is 0.254 e. The Balaban J connectivity index is 1.89. The molecule has 20 heavy (non-hydrogen) atoms. The highest BCUT2D eigenvalue weighted by Crippen LogP contribution is 2.38. The SMILES string of the molecule is CCOc1ccccc1Oc1cc(=O)[nH]c(C2CC2)n1. The zero-order chi connectivity index (χ0) is 13.9. The Kier molecular flexibility index (Phi) is 3.41. The van der Waals surface area contributed by atoms with E-state index < -0.39 is 0 Å². The normalized spacial score (nSPS) is 14.1. The molecule has 0 amide bonds. The second-order valence-corrected chi connectivity index (χ2v) is 4.72. The van der Waals surface area contributed by atoms with Crippen molar-refractivity contribution in [2.75, 3.05) is 6.61 Å². The minimum atomic E-state index is -0.189. The van der Waals surface area contributed by atoms with E-state index in [0.29, 0.717) is 35.7 Å². The summed E-state index contributed by atoms with van der Waals surface area (Å²) in [6.07, 6.45) is 2.14. The molecule has 1 aromatic carbocycles. The van der Waals surface area contributed by atoms with Crippen molar-refractivity contribution in [3.05, 3.63) is 46.5 Å². The number of aromatic nitrogens is 2. The number of ether oxygens (including phenoxy) is 2. The Labute approximate surface area is 116 Å². The third-order valence-electron chi connectivity index (χ3n) is 3.06. The van der Waals surface area contributed by atoms with E-state index in [1.54, 1.807) is 6.07 Å². The third-order valence-corrected chi connectivity index (χ3v) is 3.06. The topological polar surface area (TPSA) is 64.2 Å². The molecule has 0 spiro atoms. The maximum absolute atomic E-state index is 11.6. The van der Waals surface area contributed by atoms with Gasteiger partial charge in [-0.25, -0.2) is 0 Å². The van der Waals surface area contributed by atoms with Crippen molar-refractivity contribution in [3.63, 3.8) is 0 Å². The highest BCUT2D eigenvalue weighted by atomic mass is 16.5. The quantitative estimate of drug-likeness (QED) is 0.909. The highest BCUT2D eigenvalue weighted by molar-refractivity contribution is 5.41. The summed E-state index contributed by atoms with van der Waals surface area (Å²) in [5.41, 5.74) is -0.189. The van der Waals surface area contributed by atoms with Gasteiger partial charge in [0.1, 0.15) is 5.82 Å². The van der Waals surface area contributed by atoms with Gasteiger partial charge in [-0.3, -0.25) is 4.79 Å². The first-order valence-electron chi connectivity index (χ1n) is 6.77. The number of benzene rings is 1. The van der Waals surface area contributed by atoms with Crippen LogP contribution >= 0.6 is 0 Å². The summed E-state index contributed by atoms with van der Waals surface area (Å²) < 4.78 is 11.2. The van der Waals surface area contributed by atoms with E-state index in [4.69, 9.17) is 9.47 Å². The van der Waals surface area contributed by atoms with Crippen molar-refractivity contribution >= 4 is 0 Å². The molecular formula is C15H16N2O3. The number of para-hydroxylation sites is 2. The molecule has 5 nitrogen and oxygen atoms in total. The highest BCUT2D eigenvalue weighted by Gasteiger charge is 2.26. The summed E-state index contributed by atoms with van der Waals surface area (Å²) in [6.45, 7) is 2.46. The lowest BCUT2D eigenvalue weighted by Crippen LogP contribution is -2.10. The van der Waals surface area contributed by atoms with Crippen molar-refractivity contribution in [3.8, 4) is 17.4 Å². The summed E-state index contributed by atoms with van der Waals surface area (Å²) >= 11 is 0. The molecule has 0 saturated heterocycles. The van der Waals surface area contributed by atoms with E-state index in [1.807, 2.05) is 25.1 Å². The van der Waals surface area contributed by atoms with Gasteiger partial charge >= 0.3 is 0 Å². The largest absolute Gasteiger partial charge is 0.490 e. The molecular weight excluding hydrogens is 256 g/mol. The van der Waals surface area contributed by atoms with Crippen molar-refractivity contribution in [2.24, 2.45) is 0 Å². The average Bonchev–Trinajstić information content (AvgIpc) is 3.25. The van der Waals surface area contributed by atoms with Gasteiger partial charge in [0.2, 0.25) is 5.88 Å². The molecule has 2 aromatic rings.